The molecule has 2 heterocycles. The molecule has 0 aliphatic heterocycles. The van der Waals surface area contributed by atoms with Gasteiger partial charge in [0.05, 0.1) is 11.4 Å². The summed E-state index contributed by atoms with van der Waals surface area (Å²) in [6.45, 7) is 0. The first-order valence-electron chi connectivity index (χ1n) is 15.8. The molecule has 9 rings (SSSR count). The quantitative estimate of drug-likeness (QED) is 0.197. The standard InChI is InChI=1S/C44H28N2O/c1-2-12-31(13-3-1)40-28-41(32-23-21-30(22-24-32)35-19-10-14-29-11-4-5-15-34(29)35)46-44(45-40)38-18-7-6-16-36(38)33-25-26-43-39(27-33)37-17-8-9-20-42(37)47-43/h1-28H. The molecule has 220 valence electrons. The predicted molar refractivity (Wildman–Crippen MR) is 194 cm³/mol. The van der Waals surface area contributed by atoms with Gasteiger partial charge in [0.25, 0.3) is 0 Å². The van der Waals surface area contributed by atoms with Crippen molar-refractivity contribution in [1.82, 2.24) is 9.97 Å². The summed E-state index contributed by atoms with van der Waals surface area (Å²) >= 11 is 0. The van der Waals surface area contributed by atoms with Gasteiger partial charge >= 0.3 is 0 Å². The highest BCUT2D eigenvalue weighted by atomic mass is 16.3. The highest BCUT2D eigenvalue weighted by molar-refractivity contribution is 6.06. The average Bonchev–Trinajstić information content (AvgIpc) is 3.53. The Morgan fingerprint density at radius 2 is 0.915 bits per heavy atom. The number of hydrogen-bond acceptors (Lipinski definition) is 3. The normalized spacial score (nSPS) is 11.4. The summed E-state index contributed by atoms with van der Waals surface area (Å²) in [4.78, 5) is 10.4. The van der Waals surface area contributed by atoms with Gasteiger partial charge in [-0.3, -0.25) is 0 Å². The number of benzene rings is 7. The van der Waals surface area contributed by atoms with Crippen LogP contribution in [0.25, 0.3) is 88.9 Å². The SMILES string of the molecule is c1ccc(-c2cc(-c3ccc(-c4cccc5ccccc45)cc3)nc(-c3ccccc3-c3ccc4oc5ccccc5c4c3)n2)cc1. The van der Waals surface area contributed by atoms with Crippen LogP contribution in [0.1, 0.15) is 0 Å². The maximum absolute atomic E-state index is 6.12. The molecule has 0 saturated carbocycles. The van der Waals surface area contributed by atoms with E-state index in [1.165, 1.54) is 21.9 Å². The predicted octanol–water partition coefficient (Wildman–Crippen LogP) is 11.9. The van der Waals surface area contributed by atoms with Gasteiger partial charge in [-0.05, 0) is 57.3 Å². The lowest BCUT2D eigenvalue weighted by atomic mass is 9.96. The third-order valence-electron chi connectivity index (χ3n) is 8.93. The van der Waals surface area contributed by atoms with E-state index in [0.717, 1.165) is 61.1 Å². The Morgan fingerprint density at radius 3 is 1.74 bits per heavy atom. The zero-order chi connectivity index (χ0) is 31.2. The van der Waals surface area contributed by atoms with E-state index in [1.54, 1.807) is 0 Å². The molecule has 0 spiro atoms. The van der Waals surface area contributed by atoms with Crippen LogP contribution in [0.15, 0.2) is 174 Å². The van der Waals surface area contributed by atoms with Crippen molar-refractivity contribution < 1.29 is 4.42 Å². The van der Waals surface area contributed by atoms with Crippen LogP contribution in [-0.2, 0) is 0 Å². The van der Waals surface area contributed by atoms with Gasteiger partial charge in [-0.2, -0.15) is 0 Å². The molecule has 0 atom stereocenters. The van der Waals surface area contributed by atoms with Gasteiger partial charge in [0.2, 0.25) is 0 Å². The van der Waals surface area contributed by atoms with Crippen molar-refractivity contribution in [2.45, 2.75) is 0 Å². The summed E-state index contributed by atoms with van der Waals surface area (Å²) in [7, 11) is 0. The fraction of sp³-hybridized carbons (Fsp3) is 0. The number of para-hydroxylation sites is 1. The second kappa shape index (κ2) is 11.2. The first-order chi connectivity index (χ1) is 23.3. The van der Waals surface area contributed by atoms with Gasteiger partial charge < -0.3 is 4.42 Å². The lowest BCUT2D eigenvalue weighted by molar-refractivity contribution is 0.669. The van der Waals surface area contributed by atoms with Crippen LogP contribution in [0.5, 0.6) is 0 Å². The van der Waals surface area contributed by atoms with Gasteiger partial charge in [0.1, 0.15) is 11.2 Å². The van der Waals surface area contributed by atoms with Gasteiger partial charge in [-0.15, -0.1) is 0 Å². The Hall–Kier alpha value is -6.32. The maximum Gasteiger partial charge on any atom is 0.161 e. The Morgan fingerprint density at radius 1 is 0.340 bits per heavy atom. The number of rotatable bonds is 5. The summed E-state index contributed by atoms with van der Waals surface area (Å²) < 4.78 is 6.12. The van der Waals surface area contributed by atoms with Gasteiger partial charge in [-0.25, -0.2) is 9.97 Å². The molecule has 0 N–H and O–H groups in total. The summed E-state index contributed by atoms with van der Waals surface area (Å²) in [5.41, 5.74) is 11.2. The van der Waals surface area contributed by atoms with Crippen molar-refractivity contribution in [3.8, 4) is 56.2 Å². The van der Waals surface area contributed by atoms with Gasteiger partial charge in [0, 0.05) is 27.5 Å². The zero-order valence-corrected chi connectivity index (χ0v) is 25.5. The average molecular weight is 601 g/mol. The fourth-order valence-electron chi connectivity index (χ4n) is 6.59. The fourth-order valence-corrected chi connectivity index (χ4v) is 6.59. The lowest BCUT2D eigenvalue weighted by Gasteiger charge is -2.13. The second-order valence-electron chi connectivity index (χ2n) is 11.8. The Labute approximate surface area is 272 Å². The van der Waals surface area contributed by atoms with E-state index in [0.29, 0.717) is 5.82 Å². The molecule has 3 nitrogen and oxygen atoms in total. The Kier molecular flexibility index (Phi) is 6.46. The molecule has 0 fully saturated rings. The van der Waals surface area contributed by atoms with Crippen molar-refractivity contribution in [3.05, 3.63) is 170 Å². The van der Waals surface area contributed by atoms with Crippen molar-refractivity contribution in [3.63, 3.8) is 0 Å². The molecule has 0 radical (unpaired) electrons. The maximum atomic E-state index is 6.12. The van der Waals surface area contributed by atoms with Gasteiger partial charge in [0.15, 0.2) is 5.82 Å². The van der Waals surface area contributed by atoms with E-state index in [9.17, 15) is 0 Å². The van der Waals surface area contributed by atoms with Crippen molar-refractivity contribution in [1.29, 1.82) is 0 Å². The van der Waals surface area contributed by atoms with Crippen LogP contribution in [0.2, 0.25) is 0 Å². The van der Waals surface area contributed by atoms with E-state index in [-0.39, 0.29) is 0 Å². The number of aromatic nitrogens is 2. The van der Waals surface area contributed by atoms with E-state index in [4.69, 9.17) is 14.4 Å². The smallest absolute Gasteiger partial charge is 0.161 e. The zero-order valence-electron chi connectivity index (χ0n) is 25.5. The topological polar surface area (TPSA) is 38.9 Å². The van der Waals surface area contributed by atoms with E-state index in [1.807, 2.05) is 30.3 Å². The summed E-state index contributed by atoms with van der Waals surface area (Å²) in [5.74, 6) is 0.687. The molecule has 0 bridgehead atoms. The number of nitrogens with zero attached hydrogens (tertiary/aromatic N) is 2. The number of furan rings is 1. The Bertz CT molecular complexity index is 2560. The highest BCUT2D eigenvalue weighted by Gasteiger charge is 2.16. The third kappa shape index (κ3) is 4.86. The summed E-state index contributed by atoms with van der Waals surface area (Å²) in [6.07, 6.45) is 0. The highest BCUT2D eigenvalue weighted by Crippen LogP contribution is 2.37. The summed E-state index contributed by atoms with van der Waals surface area (Å²) in [6, 6.07) is 59.1. The molecule has 0 aliphatic rings. The van der Waals surface area contributed by atoms with Crippen molar-refractivity contribution in [2.75, 3.05) is 0 Å². The molecule has 9 aromatic rings. The molecule has 0 aliphatic carbocycles. The van der Waals surface area contributed by atoms with Crippen LogP contribution in [0.4, 0.5) is 0 Å². The van der Waals surface area contributed by atoms with E-state index < -0.39 is 0 Å². The first kappa shape index (κ1) is 27.0. The van der Waals surface area contributed by atoms with Crippen molar-refractivity contribution >= 4 is 32.7 Å². The monoisotopic (exact) mass is 600 g/mol. The molecule has 0 amide bonds. The Balaban J connectivity index is 1.18. The van der Waals surface area contributed by atoms with Crippen LogP contribution in [0.3, 0.4) is 0 Å². The van der Waals surface area contributed by atoms with Gasteiger partial charge in [-0.1, -0.05) is 146 Å². The molecule has 47 heavy (non-hydrogen) atoms. The molecule has 0 saturated heterocycles. The molecule has 0 unspecified atom stereocenters. The van der Waals surface area contributed by atoms with Crippen molar-refractivity contribution in [2.24, 2.45) is 0 Å². The molecular weight excluding hydrogens is 572 g/mol. The summed E-state index contributed by atoms with van der Waals surface area (Å²) in [5, 5.41) is 4.69. The number of fused-ring (bicyclic) bond motifs is 4. The minimum Gasteiger partial charge on any atom is -0.456 e. The van der Waals surface area contributed by atoms with E-state index >= 15 is 0 Å². The largest absolute Gasteiger partial charge is 0.456 e. The first-order valence-corrected chi connectivity index (χ1v) is 15.8. The molecule has 2 aromatic heterocycles. The second-order valence-corrected chi connectivity index (χ2v) is 11.8. The number of hydrogen-bond donors (Lipinski definition) is 0. The van der Waals surface area contributed by atoms with Crippen LogP contribution in [-0.4, -0.2) is 9.97 Å². The minimum absolute atomic E-state index is 0.687. The van der Waals surface area contributed by atoms with Crippen LogP contribution in [0, 0.1) is 0 Å². The molecule has 3 heteroatoms. The molecule has 7 aromatic carbocycles. The van der Waals surface area contributed by atoms with Crippen LogP contribution < -0.4 is 0 Å². The van der Waals surface area contributed by atoms with Crippen LogP contribution >= 0.6 is 0 Å². The van der Waals surface area contributed by atoms with E-state index in [2.05, 4.69) is 140 Å². The third-order valence-corrected chi connectivity index (χ3v) is 8.93. The lowest BCUT2D eigenvalue weighted by Crippen LogP contribution is -1.97. The minimum atomic E-state index is 0.687. The molecular formula is C44H28N2O.